The molecule has 1 aromatic carbocycles. The van der Waals surface area contributed by atoms with Crippen molar-refractivity contribution in [3.05, 3.63) is 48.7 Å². The van der Waals surface area contributed by atoms with E-state index in [1.165, 1.54) is 36.9 Å². The van der Waals surface area contributed by atoms with Crippen LogP contribution in [-0.4, -0.2) is 42.1 Å². The number of anilines is 1. The van der Waals surface area contributed by atoms with Crippen molar-refractivity contribution in [1.29, 1.82) is 0 Å². The Morgan fingerprint density at radius 1 is 0.957 bits per heavy atom. The molecule has 0 spiro atoms. The van der Waals surface area contributed by atoms with Gasteiger partial charge in [0.2, 0.25) is 0 Å². The first-order chi connectivity index (χ1) is 11.3. The molecule has 3 nitrogen and oxygen atoms in total. The lowest BCUT2D eigenvalue weighted by Crippen LogP contribution is -2.45. The van der Waals surface area contributed by atoms with Gasteiger partial charge in [-0.3, -0.25) is 9.88 Å². The molecule has 0 aliphatic carbocycles. The first kappa shape index (κ1) is 14.7. The molecule has 120 valence electrons. The predicted molar refractivity (Wildman–Crippen MR) is 95.7 cm³/mol. The van der Waals surface area contributed by atoms with Crippen molar-refractivity contribution in [2.24, 2.45) is 0 Å². The van der Waals surface area contributed by atoms with E-state index in [0.717, 1.165) is 24.8 Å². The average molecular weight is 307 g/mol. The van der Waals surface area contributed by atoms with Crippen molar-refractivity contribution in [3.63, 3.8) is 0 Å². The Morgan fingerprint density at radius 3 is 2.57 bits per heavy atom. The smallest absolute Gasteiger partial charge is 0.0703 e. The Bertz CT molecular complexity index is 638. The summed E-state index contributed by atoms with van der Waals surface area (Å²) in [6.07, 6.45) is 7.41. The first-order valence-electron chi connectivity index (χ1n) is 8.79. The zero-order chi connectivity index (χ0) is 15.6. The van der Waals surface area contributed by atoms with Crippen molar-refractivity contribution in [1.82, 2.24) is 9.88 Å². The van der Waals surface area contributed by atoms with Gasteiger partial charge >= 0.3 is 0 Å². The summed E-state index contributed by atoms with van der Waals surface area (Å²) in [5.74, 6) is 0. The van der Waals surface area contributed by atoms with E-state index in [4.69, 9.17) is 4.98 Å². The van der Waals surface area contributed by atoms with Crippen LogP contribution in [0.4, 0.5) is 5.69 Å². The van der Waals surface area contributed by atoms with Gasteiger partial charge in [-0.25, -0.2) is 0 Å². The molecule has 2 saturated heterocycles. The molecule has 0 saturated carbocycles. The number of pyridine rings is 1. The van der Waals surface area contributed by atoms with E-state index in [2.05, 4.69) is 59.4 Å². The van der Waals surface area contributed by atoms with Crippen molar-refractivity contribution in [2.75, 3.05) is 25.0 Å². The van der Waals surface area contributed by atoms with Crippen LogP contribution < -0.4 is 4.90 Å². The molecule has 2 fully saturated rings. The Labute approximate surface area is 139 Å². The molecule has 23 heavy (non-hydrogen) atoms. The largest absolute Gasteiger partial charge is 0.369 e. The Balaban J connectivity index is 1.54. The molecular weight excluding hydrogens is 282 g/mol. The van der Waals surface area contributed by atoms with Crippen LogP contribution in [0.15, 0.2) is 48.7 Å². The number of piperidine rings is 1. The second kappa shape index (κ2) is 6.32. The van der Waals surface area contributed by atoms with E-state index in [-0.39, 0.29) is 0 Å². The number of rotatable bonds is 2. The van der Waals surface area contributed by atoms with Gasteiger partial charge in [-0.2, -0.15) is 0 Å². The molecule has 3 heteroatoms. The molecule has 0 amide bonds. The zero-order valence-corrected chi connectivity index (χ0v) is 13.9. The molecule has 2 bridgehead atoms. The fourth-order valence-corrected chi connectivity index (χ4v) is 4.10. The fraction of sp³-hybridized carbons (Fsp3) is 0.450. The molecule has 2 aromatic rings. The number of hydrogen-bond acceptors (Lipinski definition) is 3. The minimum atomic E-state index is 0.699. The lowest BCUT2D eigenvalue weighted by atomic mass is 9.96. The van der Waals surface area contributed by atoms with Crippen LogP contribution in [0.1, 0.15) is 25.7 Å². The van der Waals surface area contributed by atoms with Gasteiger partial charge in [-0.05, 0) is 38.4 Å². The lowest BCUT2D eigenvalue weighted by molar-refractivity contribution is 0.127. The van der Waals surface area contributed by atoms with Gasteiger partial charge in [0.15, 0.2) is 0 Å². The number of benzene rings is 1. The van der Waals surface area contributed by atoms with Crippen molar-refractivity contribution >= 4 is 5.69 Å². The van der Waals surface area contributed by atoms with Crippen LogP contribution >= 0.6 is 0 Å². The number of likely N-dealkylation sites (N-methyl/N-ethyl adjacent to an activating group) is 1. The zero-order valence-electron chi connectivity index (χ0n) is 13.9. The molecule has 2 atom stereocenters. The van der Waals surface area contributed by atoms with E-state index in [9.17, 15) is 0 Å². The van der Waals surface area contributed by atoms with Crippen molar-refractivity contribution in [2.45, 2.75) is 37.8 Å². The Kier molecular flexibility index (Phi) is 4.04. The fourth-order valence-electron chi connectivity index (χ4n) is 4.10. The highest BCUT2D eigenvalue weighted by Gasteiger charge is 2.32. The van der Waals surface area contributed by atoms with Crippen LogP contribution in [0.25, 0.3) is 11.3 Å². The number of nitrogens with zero attached hydrogens (tertiary/aromatic N) is 3. The van der Waals surface area contributed by atoms with Gasteiger partial charge < -0.3 is 4.90 Å². The standard InChI is InChI=1S/C20H25N3/c1-22-17-8-5-9-19(22)15-23(13-12-17)18-10-11-20(21-14-18)16-6-3-2-4-7-16/h2-4,6-7,10-11,14,17,19H,5,8-9,12-13,15H2,1H3. The third-order valence-corrected chi connectivity index (χ3v) is 5.57. The van der Waals surface area contributed by atoms with Crippen LogP contribution in [0.2, 0.25) is 0 Å². The highest BCUT2D eigenvalue weighted by atomic mass is 15.3. The summed E-state index contributed by atoms with van der Waals surface area (Å²) in [6.45, 7) is 2.29. The molecule has 1 aromatic heterocycles. The lowest BCUT2D eigenvalue weighted by Gasteiger charge is -2.37. The summed E-state index contributed by atoms with van der Waals surface area (Å²) in [7, 11) is 2.31. The van der Waals surface area contributed by atoms with E-state index >= 15 is 0 Å². The molecule has 2 aliphatic heterocycles. The molecule has 0 radical (unpaired) electrons. The van der Waals surface area contributed by atoms with Gasteiger partial charge in [0.1, 0.15) is 0 Å². The van der Waals surface area contributed by atoms with E-state index in [0.29, 0.717) is 6.04 Å². The van der Waals surface area contributed by atoms with Crippen LogP contribution in [0.3, 0.4) is 0 Å². The van der Waals surface area contributed by atoms with E-state index in [1.807, 2.05) is 6.07 Å². The summed E-state index contributed by atoms with van der Waals surface area (Å²) in [5.41, 5.74) is 3.51. The minimum absolute atomic E-state index is 0.699. The maximum Gasteiger partial charge on any atom is 0.0703 e. The third-order valence-electron chi connectivity index (χ3n) is 5.57. The van der Waals surface area contributed by atoms with Crippen molar-refractivity contribution in [3.8, 4) is 11.3 Å². The SMILES string of the molecule is CN1C2CCCC1CN(c1ccc(-c3ccccc3)nc1)CC2. The van der Waals surface area contributed by atoms with Gasteiger partial charge in [-0.1, -0.05) is 36.8 Å². The summed E-state index contributed by atoms with van der Waals surface area (Å²) in [6, 6.07) is 16.3. The molecule has 2 unspecified atom stereocenters. The second-order valence-corrected chi connectivity index (χ2v) is 6.91. The van der Waals surface area contributed by atoms with Gasteiger partial charge in [0.05, 0.1) is 17.6 Å². The minimum Gasteiger partial charge on any atom is -0.369 e. The predicted octanol–water partition coefficient (Wildman–Crippen LogP) is 3.81. The monoisotopic (exact) mass is 307 g/mol. The van der Waals surface area contributed by atoms with E-state index < -0.39 is 0 Å². The highest BCUT2D eigenvalue weighted by molar-refractivity contribution is 5.61. The van der Waals surface area contributed by atoms with Gasteiger partial charge in [-0.15, -0.1) is 0 Å². The Hall–Kier alpha value is -1.87. The number of aromatic nitrogens is 1. The topological polar surface area (TPSA) is 19.4 Å². The maximum absolute atomic E-state index is 4.70. The molecule has 2 aliphatic rings. The van der Waals surface area contributed by atoms with Gasteiger partial charge in [0.25, 0.3) is 0 Å². The van der Waals surface area contributed by atoms with Crippen LogP contribution in [0, 0.1) is 0 Å². The van der Waals surface area contributed by atoms with Crippen molar-refractivity contribution < 1.29 is 0 Å². The summed E-state index contributed by atoms with van der Waals surface area (Å²) in [4.78, 5) is 9.86. The highest BCUT2D eigenvalue weighted by Crippen LogP contribution is 2.29. The first-order valence-corrected chi connectivity index (χ1v) is 8.79. The quantitative estimate of drug-likeness (QED) is 0.841. The number of fused-ring (bicyclic) bond motifs is 2. The van der Waals surface area contributed by atoms with Crippen LogP contribution in [0.5, 0.6) is 0 Å². The number of hydrogen-bond donors (Lipinski definition) is 0. The molecule has 3 heterocycles. The summed E-state index contributed by atoms with van der Waals surface area (Å²) < 4.78 is 0. The van der Waals surface area contributed by atoms with Crippen LogP contribution in [-0.2, 0) is 0 Å². The average Bonchev–Trinajstić information content (AvgIpc) is 2.70. The Morgan fingerprint density at radius 2 is 1.78 bits per heavy atom. The summed E-state index contributed by atoms with van der Waals surface area (Å²) >= 11 is 0. The molecular formula is C20H25N3. The normalized spacial score (nSPS) is 25.2. The summed E-state index contributed by atoms with van der Waals surface area (Å²) in [5, 5.41) is 0. The molecule has 0 N–H and O–H groups in total. The maximum atomic E-state index is 4.70. The second-order valence-electron chi connectivity index (χ2n) is 6.91. The molecule has 4 rings (SSSR count). The van der Waals surface area contributed by atoms with E-state index in [1.54, 1.807) is 0 Å². The van der Waals surface area contributed by atoms with Gasteiger partial charge in [0, 0.05) is 30.7 Å². The third kappa shape index (κ3) is 2.98.